The van der Waals surface area contributed by atoms with Crippen LogP contribution in [0.15, 0.2) is 60.7 Å². The van der Waals surface area contributed by atoms with Gasteiger partial charge < -0.3 is 10.1 Å². The zero-order valence-electron chi connectivity index (χ0n) is 17.0. The Bertz CT molecular complexity index is 1080. The Balaban J connectivity index is 1.69. The molecule has 10 heteroatoms. The van der Waals surface area contributed by atoms with Gasteiger partial charge in [-0.05, 0) is 30.7 Å². The van der Waals surface area contributed by atoms with Crippen molar-refractivity contribution in [2.24, 2.45) is 0 Å². The van der Waals surface area contributed by atoms with E-state index in [1.807, 2.05) is 0 Å². The van der Waals surface area contributed by atoms with Gasteiger partial charge in [-0.25, -0.2) is 13.8 Å². The van der Waals surface area contributed by atoms with Gasteiger partial charge in [-0.2, -0.15) is 5.10 Å². The minimum Gasteiger partial charge on any atom is -0.487 e. The standard InChI is InChI=1S/C21H21F2N5O3/c1-4-14(22)8-7-13(2)10-28-11-15(23)18(26-28)20(29)25-16-12-31-17-6-5-9-24-19(17)27(3)21(16)30/h4-9,11,16H,2,10,12H2,1,3H3,(H,25,29)/b8-7-,14-4+/t16-/m0/s1. The summed E-state index contributed by atoms with van der Waals surface area (Å²) in [4.78, 5) is 30.6. The quantitative estimate of drug-likeness (QED) is 0.713. The summed E-state index contributed by atoms with van der Waals surface area (Å²) in [5.74, 6) is -1.92. The second kappa shape index (κ2) is 9.33. The van der Waals surface area contributed by atoms with Crippen LogP contribution in [0.3, 0.4) is 0 Å². The average molecular weight is 429 g/mol. The zero-order chi connectivity index (χ0) is 22.5. The fourth-order valence-corrected chi connectivity index (χ4v) is 2.85. The van der Waals surface area contributed by atoms with Gasteiger partial charge in [0, 0.05) is 13.2 Å². The lowest BCUT2D eigenvalue weighted by Gasteiger charge is -2.19. The van der Waals surface area contributed by atoms with Gasteiger partial charge in [0.2, 0.25) is 0 Å². The Labute approximate surface area is 177 Å². The number of ether oxygens (including phenoxy) is 1. The summed E-state index contributed by atoms with van der Waals surface area (Å²) in [6, 6.07) is 2.26. The molecule has 0 spiro atoms. The molecule has 0 bridgehead atoms. The van der Waals surface area contributed by atoms with Crippen molar-refractivity contribution in [2.75, 3.05) is 18.6 Å². The minimum atomic E-state index is -1.06. The molecule has 1 aliphatic heterocycles. The summed E-state index contributed by atoms with van der Waals surface area (Å²) in [5, 5.41) is 6.37. The summed E-state index contributed by atoms with van der Waals surface area (Å²) in [6.07, 6.45) is 6.47. The number of rotatable bonds is 6. The first-order valence-corrected chi connectivity index (χ1v) is 9.37. The third-order valence-corrected chi connectivity index (χ3v) is 4.46. The van der Waals surface area contributed by atoms with Crippen LogP contribution in [-0.4, -0.2) is 46.3 Å². The molecule has 0 saturated carbocycles. The average Bonchev–Trinajstić information content (AvgIpc) is 3.08. The van der Waals surface area contributed by atoms with E-state index in [0.29, 0.717) is 17.1 Å². The fraction of sp³-hybridized carbons (Fsp3) is 0.238. The highest BCUT2D eigenvalue weighted by Crippen LogP contribution is 2.27. The van der Waals surface area contributed by atoms with Gasteiger partial charge in [0.25, 0.3) is 11.8 Å². The number of aromatic nitrogens is 3. The number of anilines is 1. The number of allylic oxidation sites excluding steroid dienone is 5. The van der Waals surface area contributed by atoms with Crippen molar-refractivity contribution in [1.29, 1.82) is 0 Å². The molecule has 1 N–H and O–H groups in total. The topological polar surface area (TPSA) is 89.4 Å². The van der Waals surface area contributed by atoms with Gasteiger partial charge in [0.1, 0.15) is 18.5 Å². The normalized spacial score (nSPS) is 16.6. The highest BCUT2D eigenvalue weighted by atomic mass is 19.1. The van der Waals surface area contributed by atoms with Crippen LogP contribution in [-0.2, 0) is 11.3 Å². The van der Waals surface area contributed by atoms with E-state index < -0.39 is 35.2 Å². The molecule has 3 rings (SSSR count). The van der Waals surface area contributed by atoms with Crippen LogP contribution in [0.5, 0.6) is 5.75 Å². The zero-order valence-corrected chi connectivity index (χ0v) is 17.0. The number of halogens is 2. The van der Waals surface area contributed by atoms with E-state index in [1.165, 1.54) is 41.1 Å². The molecule has 2 aromatic heterocycles. The molecule has 2 amide bonds. The molecule has 3 heterocycles. The summed E-state index contributed by atoms with van der Waals surface area (Å²) < 4.78 is 34.2. The van der Waals surface area contributed by atoms with E-state index in [-0.39, 0.29) is 13.2 Å². The van der Waals surface area contributed by atoms with Gasteiger partial charge in [-0.15, -0.1) is 0 Å². The molecule has 0 aliphatic carbocycles. The molecular formula is C21H21F2N5O3. The molecule has 31 heavy (non-hydrogen) atoms. The smallest absolute Gasteiger partial charge is 0.275 e. The number of nitrogens with zero attached hydrogens (tertiary/aromatic N) is 4. The van der Waals surface area contributed by atoms with E-state index in [1.54, 1.807) is 19.1 Å². The number of pyridine rings is 1. The maximum Gasteiger partial charge on any atom is 0.275 e. The van der Waals surface area contributed by atoms with Gasteiger partial charge >= 0.3 is 0 Å². The van der Waals surface area contributed by atoms with E-state index in [0.717, 1.165) is 6.20 Å². The Morgan fingerprint density at radius 1 is 1.45 bits per heavy atom. The lowest BCUT2D eigenvalue weighted by Crippen LogP contribution is -2.49. The first-order valence-electron chi connectivity index (χ1n) is 9.37. The van der Waals surface area contributed by atoms with Crippen LogP contribution in [0.25, 0.3) is 0 Å². The Hall–Kier alpha value is -3.82. The van der Waals surface area contributed by atoms with E-state index in [4.69, 9.17) is 4.74 Å². The second-order valence-corrected chi connectivity index (χ2v) is 6.75. The van der Waals surface area contributed by atoms with Crippen molar-refractivity contribution in [2.45, 2.75) is 19.5 Å². The lowest BCUT2D eigenvalue weighted by atomic mass is 10.2. The number of likely N-dealkylation sites (N-methyl/N-ethyl adjacent to an activating group) is 1. The third-order valence-electron chi connectivity index (χ3n) is 4.46. The SMILES string of the molecule is C=C(/C=C\C(F)=C/C)Cn1cc(F)c(C(=O)N[C@H]2COc3cccnc3N(C)C2=O)n1. The molecule has 0 unspecified atom stereocenters. The van der Waals surface area contributed by atoms with Crippen LogP contribution in [0.4, 0.5) is 14.6 Å². The summed E-state index contributed by atoms with van der Waals surface area (Å²) in [5.41, 5.74) is -0.0301. The number of hydrogen-bond donors (Lipinski definition) is 1. The number of fused-ring (bicyclic) bond motifs is 1. The first kappa shape index (κ1) is 21.9. The molecule has 0 fully saturated rings. The predicted octanol–water partition coefficient (Wildman–Crippen LogP) is 2.56. The fourth-order valence-electron chi connectivity index (χ4n) is 2.85. The van der Waals surface area contributed by atoms with Crippen LogP contribution < -0.4 is 15.0 Å². The van der Waals surface area contributed by atoms with Crippen molar-refractivity contribution >= 4 is 17.6 Å². The van der Waals surface area contributed by atoms with Crippen LogP contribution in [0.2, 0.25) is 0 Å². The highest BCUT2D eigenvalue weighted by molar-refractivity contribution is 6.02. The van der Waals surface area contributed by atoms with Crippen LogP contribution in [0, 0.1) is 5.82 Å². The molecule has 0 aromatic carbocycles. The molecule has 0 radical (unpaired) electrons. The molecule has 0 saturated heterocycles. The number of amides is 2. The van der Waals surface area contributed by atoms with Crippen molar-refractivity contribution in [3.8, 4) is 5.75 Å². The van der Waals surface area contributed by atoms with Gasteiger partial charge in [0.15, 0.2) is 23.1 Å². The van der Waals surface area contributed by atoms with E-state index in [9.17, 15) is 18.4 Å². The Kier molecular flexibility index (Phi) is 6.58. The first-order chi connectivity index (χ1) is 14.8. The van der Waals surface area contributed by atoms with E-state index in [2.05, 4.69) is 22.0 Å². The molecule has 2 aromatic rings. The maximum absolute atomic E-state index is 14.3. The van der Waals surface area contributed by atoms with Crippen molar-refractivity contribution in [1.82, 2.24) is 20.1 Å². The number of carbonyl (C=O) groups is 2. The minimum absolute atomic E-state index is 0.0485. The molecule has 1 atom stereocenters. The molecule has 162 valence electrons. The van der Waals surface area contributed by atoms with Gasteiger partial charge in [-0.1, -0.05) is 18.7 Å². The van der Waals surface area contributed by atoms with Crippen molar-refractivity contribution < 1.29 is 23.1 Å². The van der Waals surface area contributed by atoms with Gasteiger partial charge in [0.05, 0.1) is 12.7 Å². The summed E-state index contributed by atoms with van der Waals surface area (Å²) >= 11 is 0. The molecular weight excluding hydrogens is 408 g/mol. The van der Waals surface area contributed by atoms with Gasteiger partial charge in [-0.3, -0.25) is 19.2 Å². The summed E-state index contributed by atoms with van der Waals surface area (Å²) in [6.45, 7) is 5.20. The molecule has 8 nitrogen and oxygen atoms in total. The second-order valence-electron chi connectivity index (χ2n) is 6.75. The lowest BCUT2D eigenvalue weighted by molar-refractivity contribution is -0.120. The van der Waals surface area contributed by atoms with Crippen molar-refractivity contribution in [3.05, 3.63) is 72.2 Å². The van der Waals surface area contributed by atoms with Crippen molar-refractivity contribution in [3.63, 3.8) is 0 Å². The highest BCUT2D eigenvalue weighted by Gasteiger charge is 2.32. The maximum atomic E-state index is 14.3. The molecule has 1 aliphatic rings. The number of nitrogens with one attached hydrogen (secondary N) is 1. The van der Waals surface area contributed by atoms with Crippen LogP contribution in [0.1, 0.15) is 17.4 Å². The predicted molar refractivity (Wildman–Crippen MR) is 110 cm³/mol. The van der Waals surface area contributed by atoms with Crippen LogP contribution >= 0.6 is 0 Å². The monoisotopic (exact) mass is 429 g/mol. The largest absolute Gasteiger partial charge is 0.487 e. The Morgan fingerprint density at radius 3 is 2.97 bits per heavy atom. The summed E-state index contributed by atoms with van der Waals surface area (Å²) in [7, 11) is 1.51. The Morgan fingerprint density at radius 2 is 2.23 bits per heavy atom. The number of carbonyl (C=O) groups excluding carboxylic acids is 2. The number of hydrogen-bond acceptors (Lipinski definition) is 5. The van der Waals surface area contributed by atoms with E-state index >= 15 is 0 Å². The third kappa shape index (κ3) is 5.03.